The molecule has 10 heteroatoms. The van der Waals surface area contributed by atoms with Gasteiger partial charge in [-0.25, -0.2) is 9.97 Å². The molecule has 3 aromatic rings. The lowest BCUT2D eigenvalue weighted by molar-refractivity contribution is -0.125. The second kappa shape index (κ2) is 10.1. The van der Waals surface area contributed by atoms with E-state index in [9.17, 15) is 10.1 Å². The van der Waals surface area contributed by atoms with Gasteiger partial charge < -0.3 is 15.0 Å². The number of amides is 1. The zero-order chi connectivity index (χ0) is 24.0. The zero-order valence-corrected chi connectivity index (χ0v) is 18.8. The third-order valence-electron chi connectivity index (χ3n) is 5.74. The van der Waals surface area contributed by atoms with Crippen LogP contribution in [0.2, 0.25) is 0 Å². The summed E-state index contributed by atoms with van der Waals surface area (Å²) >= 11 is 0. The molecule has 34 heavy (non-hydrogen) atoms. The number of nitrogens with one attached hydrogen (secondary N) is 1. The fraction of sp³-hybridized carbons (Fsp3) is 0.333. The van der Waals surface area contributed by atoms with Gasteiger partial charge in [0, 0.05) is 42.3 Å². The fourth-order valence-electron chi connectivity index (χ4n) is 3.75. The number of hydrogen-bond donors (Lipinski definition) is 1. The van der Waals surface area contributed by atoms with Crippen molar-refractivity contribution in [3.63, 3.8) is 0 Å². The third kappa shape index (κ3) is 5.03. The molecule has 3 heterocycles. The SMILES string of the molecule is CC(CC#N)(CCC#N)n1cc(-c2ccnc(Nc3ccc(N4CCOCC4=O)cc3)n2)cn1. The summed E-state index contributed by atoms with van der Waals surface area (Å²) in [5, 5.41) is 25.8. The average Bonchev–Trinajstić information content (AvgIpc) is 3.36. The largest absolute Gasteiger partial charge is 0.370 e. The van der Waals surface area contributed by atoms with Crippen molar-refractivity contribution in [1.82, 2.24) is 19.7 Å². The number of morpholine rings is 1. The highest BCUT2D eigenvalue weighted by molar-refractivity contribution is 5.95. The van der Waals surface area contributed by atoms with Crippen LogP contribution in [0, 0.1) is 22.7 Å². The summed E-state index contributed by atoms with van der Waals surface area (Å²) in [7, 11) is 0. The molecule has 1 amide bonds. The highest BCUT2D eigenvalue weighted by Gasteiger charge is 2.27. The fourth-order valence-corrected chi connectivity index (χ4v) is 3.75. The van der Waals surface area contributed by atoms with Crippen LogP contribution < -0.4 is 10.2 Å². The number of aromatic nitrogens is 4. The molecule has 4 rings (SSSR count). The first-order chi connectivity index (χ1) is 16.5. The standard InChI is InChI=1S/C24H24N8O2/c1-24(9-11-26,8-2-10-25)32-16-18(15-28-32)21-7-12-27-23(30-21)29-19-3-5-20(6-4-19)31-13-14-34-17-22(31)33/h3-7,12,15-16H,2,8-9,13-14,17H2,1H3,(H,27,29,30). The second-order valence-corrected chi connectivity index (χ2v) is 8.20. The Morgan fingerprint density at radius 2 is 2.03 bits per heavy atom. The number of benzene rings is 1. The van der Waals surface area contributed by atoms with Gasteiger partial charge >= 0.3 is 0 Å². The maximum Gasteiger partial charge on any atom is 0.253 e. The van der Waals surface area contributed by atoms with E-state index >= 15 is 0 Å². The van der Waals surface area contributed by atoms with Crippen molar-refractivity contribution in [2.24, 2.45) is 0 Å². The van der Waals surface area contributed by atoms with E-state index in [-0.39, 0.29) is 18.9 Å². The average molecular weight is 457 g/mol. The zero-order valence-electron chi connectivity index (χ0n) is 18.8. The van der Waals surface area contributed by atoms with Gasteiger partial charge in [0.1, 0.15) is 6.61 Å². The van der Waals surface area contributed by atoms with Crippen molar-refractivity contribution in [3.8, 4) is 23.4 Å². The molecule has 1 aromatic carbocycles. The molecule has 1 unspecified atom stereocenters. The Bertz CT molecular complexity index is 1240. The summed E-state index contributed by atoms with van der Waals surface area (Å²) in [5.74, 6) is 0.367. The second-order valence-electron chi connectivity index (χ2n) is 8.20. The van der Waals surface area contributed by atoms with Crippen LogP contribution in [0.15, 0.2) is 48.9 Å². The van der Waals surface area contributed by atoms with E-state index in [1.54, 1.807) is 28.0 Å². The van der Waals surface area contributed by atoms with Gasteiger partial charge in [-0.2, -0.15) is 15.6 Å². The molecule has 0 saturated carbocycles. The molecule has 10 nitrogen and oxygen atoms in total. The van der Waals surface area contributed by atoms with E-state index in [1.807, 2.05) is 37.4 Å². The Morgan fingerprint density at radius 1 is 1.21 bits per heavy atom. The molecular weight excluding hydrogens is 432 g/mol. The molecule has 0 aliphatic carbocycles. The number of anilines is 3. The molecule has 1 fully saturated rings. The van der Waals surface area contributed by atoms with Crippen LogP contribution in [-0.4, -0.2) is 45.4 Å². The first-order valence-corrected chi connectivity index (χ1v) is 10.9. The predicted octanol–water partition coefficient (Wildman–Crippen LogP) is 3.38. The molecule has 0 spiro atoms. The Morgan fingerprint density at radius 3 is 2.76 bits per heavy atom. The van der Waals surface area contributed by atoms with E-state index in [0.29, 0.717) is 37.6 Å². The predicted molar refractivity (Wildman–Crippen MR) is 125 cm³/mol. The maximum atomic E-state index is 12.0. The normalized spacial score (nSPS) is 15.3. The van der Waals surface area contributed by atoms with Crippen LogP contribution >= 0.6 is 0 Å². The van der Waals surface area contributed by atoms with Crippen molar-refractivity contribution < 1.29 is 9.53 Å². The Hall–Kier alpha value is -4.28. The summed E-state index contributed by atoms with van der Waals surface area (Å²) in [4.78, 5) is 22.6. The molecule has 1 atom stereocenters. The highest BCUT2D eigenvalue weighted by atomic mass is 16.5. The topological polar surface area (TPSA) is 133 Å². The molecule has 0 bridgehead atoms. The number of carbonyl (C=O) groups is 1. The third-order valence-corrected chi connectivity index (χ3v) is 5.74. The molecule has 0 radical (unpaired) electrons. The summed E-state index contributed by atoms with van der Waals surface area (Å²) in [5.41, 5.74) is 2.50. The minimum Gasteiger partial charge on any atom is -0.370 e. The number of carbonyl (C=O) groups excluding carboxylic acids is 1. The van der Waals surface area contributed by atoms with Gasteiger partial charge in [-0.15, -0.1) is 0 Å². The molecular formula is C24H24N8O2. The first kappa shape index (κ1) is 22.9. The van der Waals surface area contributed by atoms with Crippen LogP contribution in [0.3, 0.4) is 0 Å². The quantitative estimate of drug-likeness (QED) is 0.545. The van der Waals surface area contributed by atoms with Gasteiger partial charge in [-0.05, 0) is 43.7 Å². The summed E-state index contributed by atoms with van der Waals surface area (Å²) in [6.45, 7) is 3.09. The van der Waals surface area contributed by atoms with Gasteiger partial charge in [-0.3, -0.25) is 9.48 Å². The lowest BCUT2D eigenvalue weighted by atomic mass is 9.93. The summed E-state index contributed by atoms with van der Waals surface area (Å²) < 4.78 is 6.92. The van der Waals surface area contributed by atoms with Gasteiger partial charge in [0.15, 0.2) is 0 Å². The van der Waals surface area contributed by atoms with E-state index < -0.39 is 5.54 Å². The number of hydrogen-bond acceptors (Lipinski definition) is 8. The molecule has 2 aromatic heterocycles. The van der Waals surface area contributed by atoms with Crippen LogP contribution in [-0.2, 0) is 15.1 Å². The van der Waals surface area contributed by atoms with Gasteiger partial charge in [0.2, 0.25) is 5.95 Å². The molecule has 1 aliphatic rings. The van der Waals surface area contributed by atoms with E-state index in [4.69, 9.17) is 10.00 Å². The number of nitrogens with zero attached hydrogens (tertiary/aromatic N) is 7. The number of nitriles is 2. The van der Waals surface area contributed by atoms with Crippen molar-refractivity contribution in [1.29, 1.82) is 10.5 Å². The minimum atomic E-state index is -0.569. The number of ether oxygens (including phenoxy) is 1. The Labute approximate surface area is 197 Å². The van der Waals surface area contributed by atoms with E-state index in [2.05, 4.69) is 32.5 Å². The lowest BCUT2D eigenvalue weighted by Crippen LogP contribution is -2.41. The highest BCUT2D eigenvalue weighted by Crippen LogP contribution is 2.28. The van der Waals surface area contributed by atoms with E-state index in [0.717, 1.165) is 16.9 Å². The van der Waals surface area contributed by atoms with Gasteiger partial charge in [0.25, 0.3) is 5.91 Å². The lowest BCUT2D eigenvalue weighted by Gasteiger charge is -2.26. The maximum absolute atomic E-state index is 12.0. The summed E-state index contributed by atoms with van der Waals surface area (Å²) in [6, 6.07) is 13.6. The smallest absolute Gasteiger partial charge is 0.253 e. The van der Waals surface area contributed by atoms with E-state index in [1.165, 1.54) is 0 Å². The molecule has 1 aliphatic heterocycles. The van der Waals surface area contributed by atoms with Crippen molar-refractivity contribution >= 4 is 23.2 Å². The van der Waals surface area contributed by atoms with Crippen molar-refractivity contribution in [2.45, 2.75) is 31.7 Å². The molecule has 1 saturated heterocycles. The monoisotopic (exact) mass is 456 g/mol. The Kier molecular flexibility index (Phi) is 6.81. The molecule has 172 valence electrons. The van der Waals surface area contributed by atoms with Gasteiger partial charge in [0.05, 0.1) is 42.6 Å². The Balaban J connectivity index is 1.49. The van der Waals surface area contributed by atoms with Gasteiger partial charge in [-0.1, -0.05) is 0 Å². The van der Waals surface area contributed by atoms with Crippen LogP contribution in [0.4, 0.5) is 17.3 Å². The van der Waals surface area contributed by atoms with Crippen LogP contribution in [0.5, 0.6) is 0 Å². The van der Waals surface area contributed by atoms with Crippen molar-refractivity contribution in [2.75, 3.05) is 30.0 Å². The van der Waals surface area contributed by atoms with Crippen LogP contribution in [0.25, 0.3) is 11.3 Å². The van der Waals surface area contributed by atoms with Crippen LogP contribution in [0.1, 0.15) is 26.2 Å². The van der Waals surface area contributed by atoms with Crippen molar-refractivity contribution in [3.05, 3.63) is 48.9 Å². The summed E-state index contributed by atoms with van der Waals surface area (Å²) in [6.07, 6.45) is 6.32. The number of rotatable bonds is 8. The minimum absolute atomic E-state index is 0.0537. The molecule has 1 N–H and O–H groups in total. The first-order valence-electron chi connectivity index (χ1n) is 10.9.